The van der Waals surface area contributed by atoms with Crippen molar-refractivity contribution in [2.24, 2.45) is 5.92 Å². The number of thioether (sulfide) groups is 1. The first-order chi connectivity index (χ1) is 8.83. The zero-order valence-corrected chi connectivity index (χ0v) is 12.0. The molecule has 0 bridgehead atoms. The minimum atomic E-state index is 0.270. The lowest BCUT2D eigenvalue weighted by Crippen LogP contribution is -2.14. The van der Waals surface area contributed by atoms with Gasteiger partial charge in [-0.15, -0.1) is 0 Å². The molecule has 1 aliphatic carbocycles. The number of benzene rings is 1. The van der Waals surface area contributed by atoms with Crippen molar-refractivity contribution in [3.63, 3.8) is 0 Å². The summed E-state index contributed by atoms with van der Waals surface area (Å²) in [5.74, 6) is 3.04. The molecule has 0 fully saturated rings. The van der Waals surface area contributed by atoms with E-state index in [0.29, 0.717) is 5.78 Å². The molecule has 0 saturated carbocycles. The number of rotatable bonds is 5. The first-order valence-corrected chi connectivity index (χ1v) is 8.18. The number of aryl methyl sites for hydroxylation is 1. The summed E-state index contributed by atoms with van der Waals surface area (Å²) in [6, 6.07) is 8.16. The zero-order chi connectivity index (χ0) is 12.8. The summed E-state index contributed by atoms with van der Waals surface area (Å²) in [4.78, 5) is 12.5. The molecule has 1 atom stereocenters. The molecule has 0 heterocycles. The smallest absolute Gasteiger partial charge is 0.166 e. The summed E-state index contributed by atoms with van der Waals surface area (Å²) in [6.07, 6.45) is 5.55. The number of Topliss-reactive ketones (excluding diaryl/α,β-unsaturated/α-hetero) is 1. The van der Waals surface area contributed by atoms with Crippen LogP contribution in [0.25, 0.3) is 0 Å². The highest BCUT2D eigenvalue weighted by Gasteiger charge is 2.24. The second-order valence-corrected chi connectivity index (χ2v) is 6.34. The number of hydrogen-bond acceptors (Lipinski definition) is 2. The molecule has 1 unspecified atom stereocenters. The highest BCUT2D eigenvalue weighted by atomic mass is 32.2. The van der Waals surface area contributed by atoms with Crippen LogP contribution in [0.2, 0.25) is 0 Å². The van der Waals surface area contributed by atoms with Crippen LogP contribution < -0.4 is 0 Å². The Morgan fingerprint density at radius 1 is 1.33 bits per heavy atom. The molecule has 1 nitrogen and oxygen atoms in total. The van der Waals surface area contributed by atoms with Gasteiger partial charge in [0.2, 0.25) is 0 Å². The van der Waals surface area contributed by atoms with Gasteiger partial charge in [0.15, 0.2) is 5.78 Å². The third kappa shape index (κ3) is 3.38. The van der Waals surface area contributed by atoms with E-state index < -0.39 is 0 Å². The van der Waals surface area contributed by atoms with Crippen LogP contribution in [-0.4, -0.2) is 17.3 Å². The van der Waals surface area contributed by atoms with Crippen molar-refractivity contribution < 1.29 is 4.79 Å². The van der Waals surface area contributed by atoms with Crippen LogP contribution in [0.5, 0.6) is 0 Å². The standard InChI is InChI=1S/C16H22OS/c1-2-18-12-6-10-14-9-5-8-13-7-3-4-11-15(13)16(14)17/h3-4,7,11,14H,2,5-6,8-10,12H2,1H3. The van der Waals surface area contributed by atoms with Gasteiger partial charge in [0, 0.05) is 11.5 Å². The summed E-state index contributed by atoms with van der Waals surface area (Å²) in [7, 11) is 0. The van der Waals surface area contributed by atoms with Gasteiger partial charge in [-0.3, -0.25) is 4.79 Å². The summed E-state index contributed by atoms with van der Waals surface area (Å²) in [6.45, 7) is 2.19. The summed E-state index contributed by atoms with van der Waals surface area (Å²) < 4.78 is 0. The van der Waals surface area contributed by atoms with Crippen LogP contribution >= 0.6 is 11.8 Å². The van der Waals surface area contributed by atoms with Gasteiger partial charge in [-0.05, 0) is 49.2 Å². The molecular weight excluding hydrogens is 240 g/mol. The molecule has 0 aromatic heterocycles. The number of fused-ring (bicyclic) bond motifs is 1. The van der Waals surface area contributed by atoms with Gasteiger partial charge in [-0.1, -0.05) is 31.2 Å². The van der Waals surface area contributed by atoms with E-state index in [2.05, 4.69) is 13.0 Å². The van der Waals surface area contributed by atoms with Gasteiger partial charge < -0.3 is 0 Å². The largest absolute Gasteiger partial charge is 0.294 e. The molecule has 2 heteroatoms. The van der Waals surface area contributed by atoms with E-state index in [1.807, 2.05) is 30.0 Å². The van der Waals surface area contributed by atoms with E-state index in [-0.39, 0.29) is 5.92 Å². The maximum absolute atomic E-state index is 12.5. The normalized spacial score (nSPS) is 19.4. The zero-order valence-electron chi connectivity index (χ0n) is 11.2. The average molecular weight is 262 g/mol. The summed E-state index contributed by atoms with van der Waals surface area (Å²) >= 11 is 1.98. The fourth-order valence-electron chi connectivity index (χ4n) is 2.72. The second kappa shape index (κ2) is 6.98. The SMILES string of the molecule is CCSCCCC1CCCc2ccccc2C1=O. The van der Waals surface area contributed by atoms with Crippen molar-refractivity contribution in [1.29, 1.82) is 0 Å². The van der Waals surface area contributed by atoms with Gasteiger partial charge in [0.05, 0.1) is 0 Å². The van der Waals surface area contributed by atoms with Crippen LogP contribution in [0.3, 0.4) is 0 Å². The second-order valence-electron chi connectivity index (χ2n) is 4.95. The topological polar surface area (TPSA) is 17.1 Å². The fraction of sp³-hybridized carbons (Fsp3) is 0.562. The monoisotopic (exact) mass is 262 g/mol. The van der Waals surface area contributed by atoms with E-state index in [9.17, 15) is 4.79 Å². The Hall–Kier alpha value is -0.760. The van der Waals surface area contributed by atoms with Gasteiger partial charge in [-0.25, -0.2) is 0 Å². The Kier molecular flexibility index (Phi) is 5.30. The molecule has 18 heavy (non-hydrogen) atoms. The number of hydrogen-bond donors (Lipinski definition) is 0. The highest BCUT2D eigenvalue weighted by Crippen LogP contribution is 2.27. The molecule has 2 rings (SSSR count). The van der Waals surface area contributed by atoms with Crippen molar-refractivity contribution in [3.8, 4) is 0 Å². The lowest BCUT2D eigenvalue weighted by molar-refractivity contribution is 0.0909. The molecule has 1 aliphatic rings. The summed E-state index contributed by atoms with van der Waals surface area (Å²) in [5, 5.41) is 0. The van der Waals surface area contributed by atoms with Crippen LogP contribution in [0, 0.1) is 5.92 Å². The Morgan fingerprint density at radius 3 is 3.00 bits per heavy atom. The van der Waals surface area contributed by atoms with E-state index in [4.69, 9.17) is 0 Å². The van der Waals surface area contributed by atoms with Crippen molar-refractivity contribution >= 4 is 17.5 Å². The molecule has 1 aromatic rings. The molecule has 0 spiro atoms. The van der Waals surface area contributed by atoms with Gasteiger partial charge in [-0.2, -0.15) is 11.8 Å². The van der Waals surface area contributed by atoms with Crippen LogP contribution in [-0.2, 0) is 6.42 Å². The van der Waals surface area contributed by atoms with Crippen molar-refractivity contribution in [1.82, 2.24) is 0 Å². The Balaban J connectivity index is 1.99. The number of carbonyl (C=O) groups is 1. The minimum absolute atomic E-state index is 0.270. The minimum Gasteiger partial charge on any atom is -0.294 e. The van der Waals surface area contributed by atoms with Gasteiger partial charge in [0.1, 0.15) is 0 Å². The van der Waals surface area contributed by atoms with E-state index in [0.717, 1.165) is 31.2 Å². The third-order valence-corrected chi connectivity index (χ3v) is 4.68. The van der Waals surface area contributed by atoms with Crippen LogP contribution in [0.1, 0.15) is 48.5 Å². The number of ketones is 1. The molecular formula is C16H22OS. The maximum atomic E-state index is 12.5. The fourth-order valence-corrected chi connectivity index (χ4v) is 3.38. The Morgan fingerprint density at radius 2 is 2.17 bits per heavy atom. The lowest BCUT2D eigenvalue weighted by Gasteiger charge is -2.13. The van der Waals surface area contributed by atoms with Gasteiger partial charge >= 0.3 is 0 Å². The third-order valence-electron chi connectivity index (χ3n) is 3.70. The molecule has 0 amide bonds. The molecule has 0 aliphatic heterocycles. The lowest BCUT2D eigenvalue weighted by atomic mass is 9.91. The first kappa shape index (κ1) is 13.7. The van der Waals surface area contributed by atoms with Crippen LogP contribution in [0.15, 0.2) is 24.3 Å². The van der Waals surface area contributed by atoms with Crippen molar-refractivity contribution in [2.75, 3.05) is 11.5 Å². The van der Waals surface area contributed by atoms with E-state index in [1.165, 1.54) is 23.5 Å². The molecule has 1 aromatic carbocycles. The Labute approximate surface area is 114 Å². The highest BCUT2D eigenvalue weighted by molar-refractivity contribution is 7.99. The molecule has 0 radical (unpaired) electrons. The molecule has 0 saturated heterocycles. The maximum Gasteiger partial charge on any atom is 0.166 e. The Bertz CT molecular complexity index is 400. The van der Waals surface area contributed by atoms with Gasteiger partial charge in [0.25, 0.3) is 0 Å². The van der Waals surface area contributed by atoms with E-state index in [1.54, 1.807) is 0 Å². The molecule has 98 valence electrons. The quantitative estimate of drug-likeness (QED) is 0.579. The average Bonchev–Trinajstić information content (AvgIpc) is 2.56. The predicted octanol–water partition coefficient (Wildman–Crippen LogP) is 4.36. The van der Waals surface area contributed by atoms with Crippen LogP contribution in [0.4, 0.5) is 0 Å². The van der Waals surface area contributed by atoms with E-state index >= 15 is 0 Å². The summed E-state index contributed by atoms with van der Waals surface area (Å²) in [5.41, 5.74) is 2.25. The molecule has 0 N–H and O–H groups in total. The first-order valence-electron chi connectivity index (χ1n) is 7.02. The predicted molar refractivity (Wildman–Crippen MR) is 79.4 cm³/mol. The number of carbonyl (C=O) groups excluding carboxylic acids is 1. The van der Waals surface area contributed by atoms with Crippen molar-refractivity contribution in [3.05, 3.63) is 35.4 Å². The van der Waals surface area contributed by atoms with Crippen molar-refractivity contribution in [2.45, 2.75) is 39.0 Å².